The fraction of sp³-hybridized carbons (Fsp3) is 0.125. The molecule has 1 aromatic heterocycles. The zero-order valence-corrected chi connectivity index (χ0v) is 17.3. The zero-order valence-electron chi connectivity index (χ0n) is 12.7. The van der Waals surface area contributed by atoms with E-state index < -0.39 is 0 Å². The molecule has 3 rings (SSSR count). The van der Waals surface area contributed by atoms with Crippen LogP contribution in [-0.2, 0) is 4.79 Å². The maximum absolute atomic E-state index is 12.4. The fourth-order valence-corrected chi connectivity index (χ4v) is 3.67. The number of nitrogens with zero attached hydrogens (tertiary/aromatic N) is 2. The molecule has 2 aromatic rings. The minimum absolute atomic E-state index is 0.102. The molecular formula is C16H12BrIN2O3S. The van der Waals surface area contributed by atoms with Gasteiger partial charge in [-0.3, -0.25) is 9.69 Å². The van der Waals surface area contributed by atoms with Crippen LogP contribution >= 0.6 is 50.3 Å². The summed E-state index contributed by atoms with van der Waals surface area (Å²) in [7, 11) is 3.33. The van der Waals surface area contributed by atoms with Crippen LogP contribution < -0.4 is 4.74 Å². The lowest BCUT2D eigenvalue weighted by atomic mass is 10.3. The van der Waals surface area contributed by atoms with Gasteiger partial charge in [-0.2, -0.15) is 0 Å². The van der Waals surface area contributed by atoms with Crippen LogP contribution in [0.1, 0.15) is 5.76 Å². The molecule has 1 aliphatic heterocycles. The van der Waals surface area contributed by atoms with Crippen molar-refractivity contribution in [3.8, 4) is 5.75 Å². The van der Waals surface area contributed by atoms with E-state index in [2.05, 4.69) is 43.5 Å². The summed E-state index contributed by atoms with van der Waals surface area (Å²) in [6.07, 6.45) is 1.73. The minimum Gasteiger partial charge on any atom is -0.497 e. The van der Waals surface area contributed by atoms with Gasteiger partial charge in [0.05, 0.1) is 22.2 Å². The van der Waals surface area contributed by atoms with Crippen LogP contribution in [0.15, 0.2) is 49.1 Å². The van der Waals surface area contributed by atoms with E-state index in [0.29, 0.717) is 15.8 Å². The van der Waals surface area contributed by atoms with Gasteiger partial charge in [0.25, 0.3) is 5.91 Å². The maximum Gasteiger partial charge on any atom is 0.266 e. The lowest BCUT2D eigenvalue weighted by Crippen LogP contribution is -2.23. The topological polar surface area (TPSA) is 55.0 Å². The van der Waals surface area contributed by atoms with Gasteiger partial charge < -0.3 is 9.15 Å². The highest BCUT2D eigenvalue weighted by Crippen LogP contribution is 2.34. The monoisotopic (exact) mass is 518 g/mol. The van der Waals surface area contributed by atoms with Gasteiger partial charge in [0.2, 0.25) is 0 Å². The largest absolute Gasteiger partial charge is 0.497 e. The Labute approximate surface area is 165 Å². The number of amidine groups is 1. The minimum atomic E-state index is -0.102. The lowest BCUT2D eigenvalue weighted by molar-refractivity contribution is -0.121. The molecule has 24 heavy (non-hydrogen) atoms. The van der Waals surface area contributed by atoms with E-state index in [-0.39, 0.29) is 5.91 Å². The number of thioether (sulfide) groups is 1. The molecular weight excluding hydrogens is 507 g/mol. The summed E-state index contributed by atoms with van der Waals surface area (Å²) < 4.78 is 12.3. The summed E-state index contributed by atoms with van der Waals surface area (Å²) >= 11 is 6.80. The molecule has 124 valence electrons. The molecule has 8 heteroatoms. The first-order chi connectivity index (χ1) is 11.5. The third kappa shape index (κ3) is 3.70. The Balaban J connectivity index is 1.86. The van der Waals surface area contributed by atoms with Crippen molar-refractivity contribution < 1.29 is 13.9 Å². The summed E-state index contributed by atoms with van der Waals surface area (Å²) in [6, 6.07) is 9.19. The van der Waals surface area contributed by atoms with Crippen LogP contribution in [0.3, 0.4) is 0 Å². The average molecular weight is 519 g/mol. The standard InChI is InChI=1S/C16H12BrIN2O3S/c1-20-15(21)13(8-11-7-12(17)14(18)23-11)24-16(20)19-9-3-5-10(22-2)6-4-9/h3-8H,1-2H3/b13-8-,19-16?. The second-order valence-electron chi connectivity index (χ2n) is 4.84. The summed E-state index contributed by atoms with van der Waals surface area (Å²) in [5.74, 6) is 1.29. The number of furan rings is 1. The number of ether oxygens (including phenoxy) is 1. The third-order valence-corrected chi connectivity index (χ3v) is 6.43. The van der Waals surface area contributed by atoms with E-state index in [4.69, 9.17) is 9.15 Å². The van der Waals surface area contributed by atoms with Crippen molar-refractivity contribution in [1.82, 2.24) is 4.90 Å². The normalized spacial score (nSPS) is 18.0. The number of halogens is 2. The van der Waals surface area contributed by atoms with E-state index in [1.165, 1.54) is 16.7 Å². The number of benzene rings is 1. The van der Waals surface area contributed by atoms with Gasteiger partial charge >= 0.3 is 0 Å². The fourth-order valence-electron chi connectivity index (χ4n) is 1.98. The molecule has 2 heterocycles. The van der Waals surface area contributed by atoms with Crippen LogP contribution in [0.4, 0.5) is 5.69 Å². The molecule has 5 nitrogen and oxygen atoms in total. The van der Waals surface area contributed by atoms with Crippen molar-refractivity contribution in [2.75, 3.05) is 14.2 Å². The Hall–Kier alpha value is -1.26. The molecule has 1 aliphatic rings. The summed E-state index contributed by atoms with van der Waals surface area (Å²) in [5.41, 5.74) is 0.759. The predicted molar refractivity (Wildman–Crippen MR) is 108 cm³/mol. The van der Waals surface area contributed by atoms with Crippen LogP contribution in [0.5, 0.6) is 5.75 Å². The number of likely N-dealkylation sites (N-methyl/N-ethyl adjacent to an activating group) is 1. The van der Waals surface area contributed by atoms with Gasteiger partial charge in [-0.05, 0) is 58.0 Å². The van der Waals surface area contributed by atoms with E-state index in [9.17, 15) is 4.79 Å². The summed E-state index contributed by atoms with van der Waals surface area (Å²) in [5, 5.41) is 0.622. The second-order valence-corrected chi connectivity index (χ2v) is 7.68. The van der Waals surface area contributed by atoms with E-state index in [1.807, 2.05) is 30.3 Å². The van der Waals surface area contributed by atoms with Gasteiger partial charge in [0, 0.05) is 35.7 Å². The molecule has 0 unspecified atom stereocenters. The number of rotatable bonds is 3. The van der Waals surface area contributed by atoms with Crippen LogP contribution in [-0.4, -0.2) is 30.1 Å². The smallest absolute Gasteiger partial charge is 0.266 e. The highest BCUT2D eigenvalue weighted by atomic mass is 127. The number of carbonyl (C=O) groups is 1. The number of amides is 1. The molecule has 0 radical (unpaired) electrons. The van der Waals surface area contributed by atoms with Crippen molar-refractivity contribution >= 4 is 73.1 Å². The Morgan fingerprint density at radius 3 is 2.67 bits per heavy atom. The van der Waals surface area contributed by atoms with Gasteiger partial charge in [-0.25, -0.2) is 4.99 Å². The molecule has 0 spiro atoms. The second kappa shape index (κ2) is 7.32. The maximum atomic E-state index is 12.4. The molecule has 0 bridgehead atoms. The number of carbonyl (C=O) groups excluding carboxylic acids is 1. The van der Waals surface area contributed by atoms with Gasteiger partial charge in [-0.15, -0.1) is 0 Å². The molecule has 0 N–H and O–H groups in total. The van der Waals surface area contributed by atoms with Crippen LogP contribution in [0.25, 0.3) is 6.08 Å². The number of aliphatic imine (C=N–C) groups is 1. The van der Waals surface area contributed by atoms with E-state index >= 15 is 0 Å². The molecule has 1 amide bonds. The van der Waals surface area contributed by atoms with E-state index in [1.54, 1.807) is 20.2 Å². The van der Waals surface area contributed by atoms with Gasteiger partial charge in [0.15, 0.2) is 8.93 Å². The van der Waals surface area contributed by atoms with Crippen molar-refractivity contribution in [1.29, 1.82) is 0 Å². The van der Waals surface area contributed by atoms with Crippen molar-refractivity contribution in [3.05, 3.63) is 49.2 Å². The Morgan fingerprint density at radius 1 is 1.38 bits per heavy atom. The summed E-state index contributed by atoms with van der Waals surface area (Å²) in [4.78, 5) is 19.0. The summed E-state index contributed by atoms with van der Waals surface area (Å²) in [6.45, 7) is 0. The quantitative estimate of drug-likeness (QED) is 0.429. The molecule has 0 saturated carbocycles. The van der Waals surface area contributed by atoms with Crippen LogP contribution in [0, 0.1) is 3.77 Å². The first-order valence-electron chi connectivity index (χ1n) is 6.83. The van der Waals surface area contributed by atoms with Gasteiger partial charge in [-0.1, -0.05) is 0 Å². The molecule has 1 aromatic carbocycles. The average Bonchev–Trinajstić information content (AvgIpc) is 3.02. The Morgan fingerprint density at radius 2 is 2.08 bits per heavy atom. The third-order valence-electron chi connectivity index (χ3n) is 3.24. The first-order valence-corrected chi connectivity index (χ1v) is 9.52. The number of hydrogen-bond donors (Lipinski definition) is 0. The molecule has 0 atom stereocenters. The molecule has 1 fully saturated rings. The Kier molecular flexibility index (Phi) is 5.36. The zero-order chi connectivity index (χ0) is 17.3. The predicted octanol–water partition coefficient (Wildman–Crippen LogP) is 4.89. The van der Waals surface area contributed by atoms with Crippen molar-refractivity contribution in [3.63, 3.8) is 0 Å². The Bertz CT molecular complexity index is 826. The SMILES string of the molecule is COc1ccc(N=C2S/C(=C\c3cc(Br)c(I)o3)C(=O)N2C)cc1. The highest BCUT2D eigenvalue weighted by Gasteiger charge is 2.30. The van der Waals surface area contributed by atoms with Crippen LogP contribution in [0.2, 0.25) is 0 Å². The van der Waals surface area contributed by atoms with E-state index in [0.717, 1.165) is 19.7 Å². The van der Waals surface area contributed by atoms with Crippen molar-refractivity contribution in [2.45, 2.75) is 0 Å². The first kappa shape index (κ1) is 17.6. The number of methoxy groups -OCH3 is 1. The lowest BCUT2D eigenvalue weighted by Gasteiger charge is -2.07. The molecule has 0 aliphatic carbocycles. The van der Waals surface area contributed by atoms with Crippen molar-refractivity contribution in [2.24, 2.45) is 4.99 Å². The molecule has 1 saturated heterocycles. The van der Waals surface area contributed by atoms with Gasteiger partial charge in [0.1, 0.15) is 11.5 Å². The highest BCUT2D eigenvalue weighted by molar-refractivity contribution is 14.1. The number of hydrogen-bond acceptors (Lipinski definition) is 5.